The number of methoxy groups -OCH3 is 1. The average molecular weight is 223 g/mol. The van der Waals surface area contributed by atoms with Crippen molar-refractivity contribution in [2.75, 3.05) is 13.7 Å². The molecule has 1 aromatic carbocycles. The fourth-order valence-electron chi connectivity index (χ4n) is 2.19. The van der Waals surface area contributed by atoms with E-state index in [1.54, 1.807) is 18.2 Å². The van der Waals surface area contributed by atoms with Crippen LogP contribution in [0.4, 0.5) is 4.39 Å². The van der Waals surface area contributed by atoms with Crippen LogP contribution in [-0.2, 0) is 9.53 Å². The first-order valence-corrected chi connectivity index (χ1v) is 5.29. The van der Waals surface area contributed by atoms with Crippen molar-refractivity contribution in [1.29, 1.82) is 0 Å². The molecule has 3 nitrogen and oxygen atoms in total. The van der Waals surface area contributed by atoms with Gasteiger partial charge in [-0.15, -0.1) is 0 Å². The molecule has 0 amide bonds. The second kappa shape index (κ2) is 4.61. The first kappa shape index (κ1) is 11.1. The van der Waals surface area contributed by atoms with Crippen LogP contribution in [0.3, 0.4) is 0 Å². The zero-order valence-corrected chi connectivity index (χ0v) is 9.07. The standard InChI is InChI=1S/C12H14FNO2/c1-16-12(15)11-9(6-7-14-11)8-4-2-3-5-10(8)13/h2-5,9,11,14H,6-7H2,1H3/t9-,11-/m0/s1. The number of esters is 1. The second-order valence-electron chi connectivity index (χ2n) is 3.87. The third-order valence-corrected chi connectivity index (χ3v) is 2.98. The van der Waals surface area contributed by atoms with E-state index in [-0.39, 0.29) is 17.7 Å². The van der Waals surface area contributed by atoms with E-state index in [1.807, 2.05) is 0 Å². The lowest BCUT2D eigenvalue weighted by Crippen LogP contribution is -2.35. The maximum Gasteiger partial charge on any atom is 0.323 e. The van der Waals surface area contributed by atoms with E-state index in [0.717, 1.165) is 6.42 Å². The molecular formula is C12H14FNO2. The Morgan fingerprint density at radius 2 is 2.25 bits per heavy atom. The lowest BCUT2D eigenvalue weighted by atomic mass is 9.91. The Morgan fingerprint density at radius 1 is 1.50 bits per heavy atom. The van der Waals surface area contributed by atoms with Crippen molar-refractivity contribution < 1.29 is 13.9 Å². The largest absolute Gasteiger partial charge is 0.468 e. The molecule has 1 saturated heterocycles. The highest BCUT2D eigenvalue weighted by molar-refractivity contribution is 5.77. The number of carbonyl (C=O) groups excluding carboxylic acids is 1. The molecule has 0 radical (unpaired) electrons. The number of halogens is 1. The molecular weight excluding hydrogens is 209 g/mol. The first-order chi connectivity index (χ1) is 7.74. The number of ether oxygens (including phenoxy) is 1. The molecule has 0 aliphatic carbocycles. The highest BCUT2D eigenvalue weighted by Gasteiger charge is 2.35. The summed E-state index contributed by atoms with van der Waals surface area (Å²) in [5, 5.41) is 3.04. The van der Waals surface area contributed by atoms with Crippen LogP contribution in [0.1, 0.15) is 17.9 Å². The van der Waals surface area contributed by atoms with E-state index in [1.165, 1.54) is 13.2 Å². The fourth-order valence-corrected chi connectivity index (χ4v) is 2.19. The zero-order valence-electron chi connectivity index (χ0n) is 9.07. The van der Waals surface area contributed by atoms with E-state index in [4.69, 9.17) is 4.74 Å². The van der Waals surface area contributed by atoms with Crippen molar-refractivity contribution in [1.82, 2.24) is 5.32 Å². The van der Waals surface area contributed by atoms with Gasteiger partial charge in [0.05, 0.1) is 7.11 Å². The summed E-state index contributed by atoms with van der Waals surface area (Å²) in [6.45, 7) is 0.707. The summed E-state index contributed by atoms with van der Waals surface area (Å²) in [7, 11) is 1.35. The molecule has 1 aliphatic rings. The molecule has 1 aromatic rings. The molecule has 1 aliphatic heterocycles. The lowest BCUT2D eigenvalue weighted by molar-refractivity contribution is -0.143. The fraction of sp³-hybridized carbons (Fsp3) is 0.417. The smallest absolute Gasteiger partial charge is 0.323 e. The third kappa shape index (κ3) is 1.93. The molecule has 2 atom stereocenters. The van der Waals surface area contributed by atoms with Crippen LogP contribution in [0, 0.1) is 5.82 Å². The Bertz CT molecular complexity index is 394. The normalized spacial score (nSPS) is 24.4. The maximum atomic E-state index is 13.6. The number of nitrogens with one attached hydrogen (secondary N) is 1. The van der Waals surface area contributed by atoms with Crippen LogP contribution in [0.15, 0.2) is 24.3 Å². The molecule has 2 rings (SSSR count). The van der Waals surface area contributed by atoms with Gasteiger partial charge in [0.15, 0.2) is 0 Å². The van der Waals surface area contributed by atoms with E-state index in [9.17, 15) is 9.18 Å². The van der Waals surface area contributed by atoms with Crippen molar-refractivity contribution >= 4 is 5.97 Å². The van der Waals surface area contributed by atoms with Crippen LogP contribution >= 0.6 is 0 Å². The SMILES string of the molecule is COC(=O)[C@H]1NCC[C@H]1c1ccccc1F. The molecule has 1 fully saturated rings. The van der Waals surface area contributed by atoms with Crippen molar-refractivity contribution in [3.8, 4) is 0 Å². The van der Waals surface area contributed by atoms with E-state index >= 15 is 0 Å². The van der Waals surface area contributed by atoms with Gasteiger partial charge in [0, 0.05) is 5.92 Å². The van der Waals surface area contributed by atoms with Gasteiger partial charge in [-0.25, -0.2) is 4.39 Å². The topological polar surface area (TPSA) is 38.3 Å². The van der Waals surface area contributed by atoms with Crippen molar-refractivity contribution in [3.05, 3.63) is 35.6 Å². The van der Waals surface area contributed by atoms with Gasteiger partial charge in [0.1, 0.15) is 11.9 Å². The minimum absolute atomic E-state index is 0.131. The van der Waals surface area contributed by atoms with Crippen LogP contribution in [0.2, 0.25) is 0 Å². The Hall–Kier alpha value is -1.42. The number of hydrogen-bond donors (Lipinski definition) is 1. The Labute approximate surface area is 93.6 Å². The predicted octanol–water partition coefficient (Wildman–Crippen LogP) is 1.44. The summed E-state index contributed by atoms with van der Waals surface area (Å²) in [5.74, 6) is -0.718. The molecule has 0 spiro atoms. The Kier molecular flexibility index (Phi) is 3.19. The van der Waals surface area contributed by atoms with Gasteiger partial charge in [-0.05, 0) is 24.6 Å². The molecule has 0 saturated carbocycles. The summed E-state index contributed by atoms with van der Waals surface area (Å²) < 4.78 is 18.3. The van der Waals surface area contributed by atoms with Crippen molar-refractivity contribution in [2.24, 2.45) is 0 Å². The molecule has 4 heteroatoms. The van der Waals surface area contributed by atoms with Gasteiger partial charge < -0.3 is 10.1 Å². The van der Waals surface area contributed by atoms with E-state index in [0.29, 0.717) is 12.1 Å². The lowest BCUT2D eigenvalue weighted by Gasteiger charge is -2.17. The molecule has 0 unspecified atom stereocenters. The molecule has 86 valence electrons. The van der Waals surface area contributed by atoms with E-state index < -0.39 is 6.04 Å². The molecule has 0 bridgehead atoms. The number of benzene rings is 1. The predicted molar refractivity (Wildman–Crippen MR) is 57.6 cm³/mol. The number of carbonyl (C=O) groups is 1. The molecule has 16 heavy (non-hydrogen) atoms. The maximum absolute atomic E-state index is 13.6. The monoisotopic (exact) mass is 223 g/mol. The quantitative estimate of drug-likeness (QED) is 0.771. The molecule has 1 N–H and O–H groups in total. The second-order valence-corrected chi connectivity index (χ2v) is 3.87. The average Bonchev–Trinajstić information content (AvgIpc) is 2.77. The van der Waals surface area contributed by atoms with Gasteiger partial charge in [0.2, 0.25) is 0 Å². The summed E-state index contributed by atoms with van der Waals surface area (Å²) in [5.41, 5.74) is 0.586. The Balaban J connectivity index is 2.27. The van der Waals surface area contributed by atoms with Crippen LogP contribution in [0.25, 0.3) is 0 Å². The summed E-state index contributed by atoms with van der Waals surface area (Å²) in [6, 6.07) is 6.14. The minimum Gasteiger partial charge on any atom is -0.468 e. The first-order valence-electron chi connectivity index (χ1n) is 5.29. The van der Waals surface area contributed by atoms with Crippen LogP contribution < -0.4 is 5.32 Å². The molecule has 1 heterocycles. The van der Waals surface area contributed by atoms with Crippen LogP contribution in [-0.4, -0.2) is 25.7 Å². The minimum atomic E-state index is -0.429. The van der Waals surface area contributed by atoms with Gasteiger partial charge in [0.25, 0.3) is 0 Å². The third-order valence-electron chi connectivity index (χ3n) is 2.98. The number of hydrogen-bond acceptors (Lipinski definition) is 3. The van der Waals surface area contributed by atoms with Gasteiger partial charge >= 0.3 is 5.97 Å². The van der Waals surface area contributed by atoms with Gasteiger partial charge in [-0.1, -0.05) is 18.2 Å². The van der Waals surface area contributed by atoms with Crippen molar-refractivity contribution in [2.45, 2.75) is 18.4 Å². The van der Waals surface area contributed by atoms with Crippen molar-refractivity contribution in [3.63, 3.8) is 0 Å². The highest BCUT2D eigenvalue weighted by atomic mass is 19.1. The van der Waals surface area contributed by atoms with Gasteiger partial charge in [-0.2, -0.15) is 0 Å². The molecule has 0 aromatic heterocycles. The zero-order chi connectivity index (χ0) is 11.5. The highest BCUT2D eigenvalue weighted by Crippen LogP contribution is 2.29. The summed E-state index contributed by atoms with van der Waals surface area (Å²) >= 11 is 0. The van der Waals surface area contributed by atoms with E-state index in [2.05, 4.69) is 5.32 Å². The Morgan fingerprint density at radius 3 is 2.94 bits per heavy atom. The van der Waals surface area contributed by atoms with Crippen LogP contribution in [0.5, 0.6) is 0 Å². The number of rotatable bonds is 2. The van der Waals surface area contributed by atoms with Gasteiger partial charge in [-0.3, -0.25) is 4.79 Å². The summed E-state index contributed by atoms with van der Waals surface area (Å²) in [4.78, 5) is 11.5. The summed E-state index contributed by atoms with van der Waals surface area (Å²) in [6.07, 6.45) is 0.751.